The number of halogens is 3. The highest BCUT2D eigenvalue weighted by molar-refractivity contribution is 5.85. The minimum atomic E-state index is -0.612. The van der Waals surface area contributed by atoms with Crippen LogP contribution < -0.4 is 5.32 Å². The molecule has 1 N–H and O–H groups in total. The highest BCUT2D eigenvalue weighted by atomic mass is 19.1. The van der Waals surface area contributed by atoms with Crippen LogP contribution in [0.1, 0.15) is 11.1 Å². The number of carbonyl (C=O) groups excluding carboxylic acids is 2. The van der Waals surface area contributed by atoms with Crippen molar-refractivity contribution in [2.24, 2.45) is 0 Å². The second-order valence-electron chi connectivity index (χ2n) is 6.26. The Balaban J connectivity index is 1.50. The molecular formula is C19H18F3N3O2. The molecular weight excluding hydrogens is 359 g/mol. The zero-order valence-corrected chi connectivity index (χ0v) is 14.4. The SMILES string of the molecule is O=C(CN1CCN(Cc2ccc(F)cc2)C1=O)NCc1cc(F)ccc1F. The van der Waals surface area contributed by atoms with Gasteiger partial charge in [0.15, 0.2) is 0 Å². The molecule has 5 nitrogen and oxygen atoms in total. The van der Waals surface area contributed by atoms with Crippen LogP contribution in [0.2, 0.25) is 0 Å². The maximum absolute atomic E-state index is 13.6. The molecule has 27 heavy (non-hydrogen) atoms. The number of nitrogens with zero attached hydrogens (tertiary/aromatic N) is 2. The average molecular weight is 377 g/mol. The summed E-state index contributed by atoms with van der Waals surface area (Å²) in [4.78, 5) is 27.3. The van der Waals surface area contributed by atoms with Crippen LogP contribution in [-0.4, -0.2) is 41.4 Å². The van der Waals surface area contributed by atoms with Gasteiger partial charge in [0.05, 0.1) is 0 Å². The normalized spacial score (nSPS) is 14.0. The largest absolute Gasteiger partial charge is 0.350 e. The third-order valence-corrected chi connectivity index (χ3v) is 4.29. The van der Waals surface area contributed by atoms with Gasteiger partial charge in [-0.15, -0.1) is 0 Å². The topological polar surface area (TPSA) is 52.7 Å². The Morgan fingerprint density at radius 2 is 1.63 bits per heavy atom. The van der Waals surface area contributed by atoms with Crippen molar-refractivity contribution in [3.8, 4) is 0 Å². The van der Waals surface area contributed by atoms with Crippen LogP contribution in [0, 0.1) is 17.5 Å². The standard InChI is InChI=1S/C19H18F3N3O2/c20-15-3-1-13(2-4-15)11-24-7-8-25(19(24)27)12-18(26)23-10-14-9-16(21)5-6-17(14)22/h1-6,9H,7-8,10-12H2,(H,23,26). The number of urea groups is 1. The lowest BCUT2D eigenvalue weighted by atomic mass is 10.2. The summed E-state index contributed by atoms with van der Waals surface area (Å²) in [6.07, 6.45) is 0. The van der Waals surface area contributed by atoms with E-state index in [-0.39, 0.29) is 30.5 Å². The monoisotopic (exact) mass is 377 g/mol. The molecule has 8 heteroatoms. The molecule has 1 heterocycles. The fraction of sp³-hybridized carbons (Fsp3) is 0.263. The van der Waals surface area contributed by atoms with Gasteiger partial charge in [-0.1, -0.05) is 12.1 Å². The second kappa shape index (κ2) is 8.11. The fourth-order valence-corrected chi connectivity index (χ4v) is 2.84. The Morgan fingerprint density at radius 3 is 2.37 bits per heavy atom. The van der Waals surface area contributed by atoms with Crippen LogP contribution in [0.15, 0.2) is 42.5 Å². The molecule has 0 saturated carbocycles. The van der Waals surface area contributed by atoms with Crippen LogP contribution in [0.3, 0.4) is 0 Å². The molecule has 142 valence electrons. The third kappa shape index (κ3) is 4.78. The van der Waals surface area contributed by atoms with Gasteiger partial charge in [-0.25, -0.2) is 18.0 Å². The molecule has 0 aromatic heterocycles. The first-order chi connectivity index (χ1) is 12.9. The van der Waals surface area contributed by atoms with Crippen LogP contribution in [0.4, 0.5) is 18.0 Å². The Bertz CT molecular complexity index is 843. The summed E-state index contributed by atoms with van der Waals surface area (Å²) in [6.45, 7) is 0.814. The van der Waals surface area contributed by atoms with E-state index in [2.05, 4.69) is 5.32 Å². The highest BCUT2D eigenvalue weighted by Crippen LogP contribution is 2.14. The van der Waals surface area contributed by atoms with Gasteiger partial charge in [-0.2, -0.15) is 0 Å². The van der Waals surface area contributed by atoms with Crippen molar-refractivity contribution in [3.63, 3.8) is 0 Å². The van der Waals surface area contributed by atoms with E-state index in [1.807, 2.05) is 0 Å². The van der Waals surface area contributed by atoms with Gasteiger partial charge in [-0.05, 0) is 35.9 Å². The minimum Gasteiger partial charge on any atom is -0.350 e. The molecule has 2 aromatic carbocycles. The smallest absolute Gasteiger partial charge is 0.320 e. The van der Waals surface area contributed by atoms with Gasteiger partial charge in [-0.3, -0.25) is 4.79 Å². The number of hydrogen-bond acceptors (Lipinski definition) is 2. The molecule has 0 unspecified atom stereocenters. The van der Waals surface area contributed by atoms with Crippen molar-refractivity contribution in [2.75, 3.05) is 19.6 Å². The Kier molecular flexibility index (Phi) is 5.63. The van der Waals surface area contributed by atoms with Gasteiger partial charge in [0.25, 0.3) is 0 Å². The number of carbonyl (C=O) groups is 2. The number of amides is 3. The third-order valence-electron chi connectivity index (χ3n) is 4.29. The summed E-state index contributed by atoms with van der Waals surface area (Å²) in [6, 6.07) is 8.57. The highest BCUT2D eigenvalue weighted by Gasteiger charge is 2.29. The predicted molar refractivity (Wildman–Crippen MR) is 92.0 cm³/mol. The van der Waals surface area contributed by atoms with Gasteiger partial charge in [0.2, 0.25) is 5.91 Å². The number of nitrogens with one attached hydrogen (secondary N) is 1. The van der Waals surface area contributed by atoms with Crippen molar-refractivity contribution < 1.29 is 22.8 Å². The van der Waals surface area contributed by atoms with E-state index in [9.17, 15) is 22.8 Å². The minimum absolute atomic E-state index is 0.0361. The van der Waals surface area contributed by atoms with E-state index in [0.717, 1.165) is 23.8 Å². The van der Waals surface area contributed by atoms with Gasteiger partial charge >= 0.3 is 6.03 Å². The summed E-state index contributed by atoms with van der Waals surface area (Å²) in [5, 5.41) is 2.49. The van der Waals surface area contributed by atoms with Gasteiger partial charge < -0.3 is 15.1 Å². The molecule has 0 spiro atoms. The first-order valence-electron chi connectivity index (χ1n) is 8.41. The van der Waals surface area contributed by atoms with E-state index in [4.69, 9.17) is 0 Å². The lowest BCUT2D eigenvalue weighted by molar-refractivity contribution is -0.121. The maximum atomic E-state index is 13.6. The summed E-state index contributed by atoms with van der Waals surface area (Å²) < 4.78 is 39.6. The van der Waals surface area contributed by atoms with Gasteiger partial charge in [0, 0.05) is 31.7 Å². The first-order valence-corrected chi connectivity index (χ1v) is 8.41. The lowest BCUT2D eigenvalue weighted by Gasteiger charge is -2.18. The van der Waals surface area contributed by atoms with Crippen LogP contribution >= 0.6 is 0 Å². The van der Waals surface area contributed by atoms with E-state index < -0.39 is 17.5 Å². The Morgan fingerprint density at radius 1 is 0.963 bits per heavy atom. The number of benzene rings is 2. The molecule has 1 aliphatic rings. The molecule has 0 radical (unpaired) electrons. The van der Waals surface area contributed by atoms with Crippen molar-refractivity contribution in [1.82, 2.24) is 15.1 Å². The molecule has 1 fully saturated rings. The second-order valence-corrected chi connectivity index (χ2v) is 6.26. The Hall–Kier alpha value is -3.03. The van der Waals surface area contributed by atoms with Crippen LogP contribution in [-0.2, 0) is 17.9 Å². The summed E-state index contributed by atoms with van der Waals surface area (Å²) >= 11 is 0. The zero-order valence-electron chi connectivity index (χ0n) is 14.4. The molecule has 0 bridgehead atoms. The first kappa shape index (κ1) is 18.8. The van der Waals surface area contributed by atoms with E-state index >= 15 is 0 Å². The van der Waals surface area contributed by atoms with E-state index in [0.29, 0.717) is 19.6 Å². The molecule has 0 atom stereocenters. The fourth-order valence-electron chi connectivity index (χ4n) is 2.84. The van der Waals surface area contributed by atoms with Crippen molar-refractivity contribution >= 4 is 11.9 Å². The number of rotatable bonds is 6. The quantitative estimate of drug-likeness (QED) is 0.842. The molecule has 3 amide bonds. The molecule has 2 aromatic rings. The van der Waals surface area contributed by atoms with Gasteiger partial charge in [0.1, 0.15) is 24.0 Å². The average Bonchev–Trinajstić information content (AvgIpc) is 2.97. The predicted octanol–water partition coefficient (Wildman–Crippen LogP) is 2.66. The molecule has 1 saturated heterocycles. The summed E-state index contributed by atoms with van der Waals surface area (Å²) in [5.74, 6) is -2.01. The van der Waals surface area contributed by atoms with Crippen molar-refractivity contribution in [1.29, 1.82) is 0 Å². The van der Waals surface area contributed by atoms with Crippen molar-refractivity contribution in [3.05, 3.63) is 71.0 Å². The lowest BCUT2D eigenvalue weighted by Crippen LogP contribution is -2.39. The maximum Gasteiger partial charge on any atom is 0.320 e. The zero-order chi connectivity index (χ0) is 19.4. The summed E-state index contributed by atoms with van der Waals surface area (Å²) in [7, 11) is 0. The Labute approximate surface area is 154 Å². The molecule has 0 aliphatic carbocycles. The van der Waals surface area contributed by atoms with Crippen LogP contribution in [0.25, 0.3) is 0 Å². The number of hydrogen-bond donors (Lipinski definition) is 1. The van der Waals surface area contributed by atoms with E-state index in [1.165, 1.54) is 17.0 Å². The van der Waals surface area contributed by atoms with E-state index in [1.54, 1.807) is 17.0 Å². The molecule has 3 rings (SSSR count). The van der Waals surface area contributed by atoms with Crippen molar-refractivity contribution in [2.45, 2.75) is 13.1 Å². The van der Waals surface area contributed by atoms with Crippen LogP contribution in [0.5, 0.6) is 0 Å². The molecule has 1 aliphatic heterocycles. The summed E-state index contributed by atoms with van der Waals surface area (Å²) in [5.41, 5.74) is 0.826.